The monoisotopic (exact) mass is 128 g/mol. The molecule has 0 aliphatic rings. The lowest BCUT2D eigenvalue weighted by Crippen LogP contribution is -2.28. The standard InChI is InChI=1S/C8H18N/c1-5-7-8(3)9(4)6-2/h8H,3,5-7H2,1-2,4H3. The van der Waals surface area contributed by atoms with Gasteiger partial charge in [-0.05, 0) is 26.9 Å². The second-order valence-electron chi connectivity index (χ2n) is 2.52. The molecule has 55 valence electrons. The minimum atomic E-state index is 0.514. The third-order valence-electron chi connectivity index (χ3n) is 1.74. The van der Waals surface area contributed by atoms with Crippen LogP contribution in [0.1, 0.15) is 26.7 Å². The maximum Gasteiger partial charge on any atom is 0.00925 e. The van der Waals surface area contributed by atoms with E-state index >= 15 is 0 Å². The fraction of sp³-hybridized carbons (Fsp3) is 0.875. The van der Waals surface area contributed by atoms with Crippen molar-refractivity contribution in [2.45, 2.75) is 32.7 Å². The summed E-state index contributed by atoms with van der Waals surface area (Å²) in [6.07, 6.45) is 2.45. The first-order valence-corrected chi connectivity index (χ1v) is 3.75. The fourth-order valence-corrected chi connectivity index (χ4v) is 0.812. The van der Waals surface area contributed by atoms with Crippen molar-refractivity contribution in [2.75, 3.05) is 13.6 Å². The Kier molecular flexibility index (Phi) is 4.78. The largest absolute Gasteiger partial charge is 0.304 e. The molecule has 0 aliphatic heterocycles. The van der Waals surface area contributed by atoms with Crippen LogP contribution in [0, 0.1) is 6.92 Å². The maximum absolute atomic E-state index is 4.02. The Morgan fingerprint density at radius 1 is 1.44 bits per heavy atom. The molecular formula is C8H18N. The summed E-state index contributed by atoms with van der Waals surface area (Å²) < 4.78 is 0. The van der Waals surface area contributed by atoms with E-state index in [1.165, 1.54) is 12.8 Å². The average molecular weight is 128 g/mol. The second kappa shape index (κ2) is 4.80. The van der Waals surface area contributed by atoms with Crippen molar-refractivity contribution in [3.8, 4) is 0 Å². The van der Waals surface area contributed by atoms with Gasteiger partial charge in [-0.25, -0.2) is 0 Å². The van der Waals surface area contributed by atoms with Gasteiger partial charge in [0.15, 0.2) is 0 Å². The van der Waals surface area contributed by atoms with Crippen LogP contribution in [-0.2, 0) is 0 Å². The molecule has 0 saturated carbocycles. The van der Waals surface area contributed by atoms with Crippen molar-refractivity contribution in [1.82, 2.24) is 4.90 Å². The first kappa shape index (κ1) is 8.96. The Morgan fingerprint density at radius 3 is 2.33 bits per heavy atom. The van der Waals surface area contributed by atoms with Crippen LogP contribution >= 0.6 is 0 Å². The summed E-state index contributed by atoms with van der Waals surface area (Å²) in [6.45, 7) is 9.49. The van der Waals surface area contributed by atoms with E-state index in [2.05, 4.69) is 32.7 Å². The molecule has 0 saturated heterocycles. The summed E-state index contributed by atoms with van der Waals surface area (Å²) in [7, 11) is 2.12. The van der Waals surface area contributed by atoms with Crippen LogP contribution in [-0.4, -0.2) is 24.5 Å². The number of hydrogen-bond acceptors (Lipinski definition) is 1. The molecule has 0 heterocycles. The lowest BCUT2D eigenvalue weighted by Gasteiger charge is -2.21. The number of nitrogens with zero attached hydrogens (tertiary/aromatic N) is 1. The highest BCUT2D eigenvalue weighted by atomic mass is 15.1. The van der Waals surface area contributed by atoms with Crippen molar-refractivity contribution in [1.29, 1.82) is 0 Å². The number of hydrogen-bond donors (Lipinski definition) is 0. The zero-order valence-electron chi connectivity index (χ0n) is 6.85. The van der Waals surface area contributed by atoms with E-state index in [9.17, 15) is 0 Å². The highest BCUT2D eigenvalue weighted by Crippen LogP contribution is 2.01. The Morgan fingerprint density at radius 2 is 2.00 bits per heavy atom. The molecule has 1 atom stereocenters. The summed E-state index contributed by atoms with van der Waals surface area (Å²) in [5, 5.41) is 0. The first-order valence-electron chi connectivity index (χ1n) is 3.75. The van der Waals surface area contributed by atoms with Gasteiger partial charge in [0.1, 0.15) is 0 Å². The molecule has 0 rings (SSSR count). The minimum absolute atomic E-state index is 0.514. The predicted molar refractivity (Wildman–Crippen MR) is 42.4 cm³/mol. The minimum Gasteiger partial charge on any atom is -0.304 e. The first-order chi connectivity index (χ1) is 4.22. The Hall–Kier alpha value is -0.0400. The summed E-state index contributed by atoms with van der Waals surface area (Å²) >= 11 is 0. The molecule has 1 radical (unpaired) electrons. The van der Waals surface area contributed by atoms with Crippen LogP contribution in [0.2, 0.25) is 0 Å². The van der Waals surface area contributed by atoms with E-state index in [-0.39, 0.29) is 0 Å². The molecule has 1 nitrogen and oxygen atoms in total. The molecule has 1 heteroatoms. The van der Waals surface area contributed by atoms with Crippen LogP contribution in [0.3, 0.4) is 0 Å². The van der Waals surface area contributed by atoms with Crippen LogP contribution in [0.4, 0.5) is 0 Å². The molecule has 9 heavy (non-hydrogen) atoms. The zero-order chi connectivity index (χ0) is 7.28. The van der Waals surface area contributed by atoms with E-state index in [0.29, 0.717) is 6.04 Å². The van der Waals surface area contributed by atoms with E-state index in [1.54, 1.807) is 0 Å². The third-order valence-corrected chi connectivity index (χ3v) is 1.74. The van der Waals surface area contributed by atoms with E-state index in [0.717, 1.165) is 6.54 Å². The lowest BCUT2D eigenvalue weighted by molar-refractivity contribution is 0.280. The smallest absolute Gasteiger partial charge is 0.00925 e. The quantitative estimate of drug-likeness (QED) is 0.559. The molecule has 0 N–H and O–H groups in total. The molecule has 0 spiro atoms. The van der Waals surface area contributed by atoms with Crippen molar-refractivity contribution in [3.05, 3.63) is 6.92 Å². The van der Waals surface area contributed by atoms with Gasteiger partial charge < -0.3 is 4.90 Å². The molecule has 0 aliphatic carbocycles. The molecule has 0 aromatic carbocycles. The van der Waals surface area contributed by atoms with Gasteiger partial charge >= 0.3 is 0 Å². The van der Waals surface area contributed by atoms with Crippen LogP contribution < -0.4 is 0 Å². The normalized spacial score (nSPS) is 14.3. The average Bonchev–Trinajstić information content (AvgIpc) is 1.87. The maximum atomic E-state index is 4.02. The van der Waals surface area contributed by atoms with E-state index in [4.69, 9.17) is 0 Å². The Bertz CT molecular complexity index is 61.6. The van der Waals surface area contributed by atoms with Gasteiger partial charge in [0.25, 0.3) is 0 Å². The SMILES string of the molecule is [CH2]C(CCC)N(C)CC. The zero-order valence-corrected chi connectivity index (χ0v) is 6.85. The van der Waals surface area contributed by atoms with Crippen molar-refractivity contribution < 1.29 is 0 Å². The van der Waals surface area contributed by atoms with Gasteiger partial charge in [0, 0.05) is 6.04 Å². The van der Waals surface area contributed by atoms with Crippen LogP contribution in [0.15, 0.2) is 0 Å². The molecule has 0 aromatic rings. The van der Waals surface area contributed by atoms with Gasteiger partial charge in [0.2, 0.25) is 0 Å². The molecule has 0 amide bonds. The van der Waals surface area contributed by atoms with Crippen molar-refractivity contribution >= 4 is 0 Å². The van der Waals surface area contributed by atoms with Crippen molar-refractivity contribution in [2.24, 2.45) is 0 Å². The second-order valence-corrected chi connectivity index (χ2v) is 2.52. The van der Waals surface area contributed by atoms with Gasteiger partial charge in [-0.2, -0.15) is 0 Å². The molecule has 0 bridgehead atoms. The third kappa shape index (κ3) is 3.52. The van der Waals surface area contributed by atoms with Gasteiger partial charge in [-0.3, -0.25) is 0 Å². The summed E-state index contributed by atoms with van der Waals surface area (Å²) in [5.41, 5.74) is 0. The van der Waals surface area contributed by atoms with Crippen molar-refractivity contribution in [3.63, 3.8) is 0 Å². The van der Waals surface area contributed by atoms with Gasteiger partial charge in [-0.1, -0.05) is 20.3 Å². The molecular weight excluding hydrogens is 110 g/mol. The highest BCUT2D eigenvalue weighted by molar-refractivity contribution is 4.68. The molecule has 0 fully saturated rings. The highest BCUT2D eigenvalue weighted by Gasteiger charge is 2.03. The Labute approximate surface area is 59.1 Å². The Balaban J connectivity index is 3.32. The van der Waals surface area contributed by atoms with Gasteiger partial charge in [-0.15, -0.1) is 0 Å². The summed E-state index contributed by atoms with van der Waals surface area (Å²) in [6, 6.07) is 0.514. The predicted octanol–water partition coefficient (Wildman–Crippen LogP) is 1.94. The topological polar surface area (TPSA) is 3.24 Å². The lowest BCUT2D eigenvalue weighted by atomic mass is 10.2. The van der Waals surface area contributed by atoms with Crippen LogP contribution in [0.5, 0.6) is 0 Å². The number of rotatable bonds is 4. The molecule has 1 unspecified atom stereocenters. The fourth-order valence-electron chi connectivity index (χ4n) is 0.812. The van der Waals surface area contributed by atoms with E-state index < -0.39 is 0 Å². The van der Waals surface area contributed by atoms with E-state index in [1.807, 2.05) is 0 Å². The van der Waals surface area contributed by atoms with Gasteiger partial charge in [0.05, 0.1) is 0 Å². The summed E-state index contributed by atoms with van der Waals surface area (Å²) in [5.74, 6) is 0. The van der Waals surface area contributed by atoms with Crippen LogP contribution in [0.25, 0.3) is 0 Å². The molecule has 0 aromatic heterocycles. The summed E-state index contributed by atoms with van der Waals surface area (Å²) in [4.78, 5) is 2.27.